The molecule has 2 amide bonds. The van der Waals surface area contributed by atoms with Gasteiger partial charge in [-0.2, -0.15) is 0 Å². The van der Waals surface area contributed by atoms with Crippen LogP contribution in [-0.2, 0) is 4.79 Å². The number of para-hydroxylation sites is 1. The molecule has 0 spiro atoms. The van der Waals surface area contributed by atoms with Gasteiger partial charge in [-0.15, -0.1) is 0 Å². The van der Waals surface area contributed by atoms with Crippen molar-refractivity contribution in [1.82, 2.24) is 10.2 Å². The number of methoxy groups -OCH3 is 1. The van der Waals surface area contributed by atoms with E-state index in [1.54, 1.807) is 49.6 Å². The second kappa shape index (κ2) is 11.6. The molecule has 2 rings (SSSR count). The molecule has 0 radical (unpaired) electrons. The van der Waals surface area contributed by atoms with E-state index < -0.39 is 0 Å². The maximum atomic E-state index is 12.4. The Kier molecular flexibility index (Phi) is 8.90. The molecule has 30 heavy (non-hydrogen) atoms. The van der Waals surface area contributed by atoms with Gasteiger partial charge in [0.1, 0.15) is 0 Å². The highest BCUT2D eigenvalue weighted by atomic mass is 16.5. The molecule has 0 saturated carbocycles. The molecule has 0 fully saturated rings. The number of ether oxygens (including phenoxy) is 2. The summed E-state index contributed by atoms with van der Waals surface area (Å²) in [5.41, 5.74) is 1.67. The van der Waals surface area contributed by atoms with Crippen molar-refractivity contribution in [3.63, 3.8) is 0 Å². The van der Waals surface area contributed by atoms with Crippen LogP contribution in [0.2, 0.25) is 0 Å². The lowest BCUT2D eigenvalue weighted by Crippen LogP contribution is -2.31. The molecule has 0 aliphatic heterocycles. The van der Waals surface area contributed by atoms with E-state index in [1.165, 1.54) is 6.08 Å². The van der Waals surface area contributed by atoms with Gasteiger partial charge in [0.05, 0.1) is 25.0 Å². The minimum absolute atomic E-state index is 0.229. The van der Waals surface area contributed by atoms with Crippen molar-refractivity contribution < 1.29 is 19.1 Å². The lowest BCUT2D eigenvalue weighted by atomic mass is 10.1. The van der Waals surface area contributed by atoms with Crippen molar-refractivity contribution in [2.75, 3.05) is 46.2 Å². The molecule has 7 heteroatoms. The summed E-state index contributed by atoms with van der Waals surface area (Å²) >= 11 is 0. The van der Waals surface area contributed by atoms with Gasteiger partial charge in [-0.1, -0.05) is 18.2 Å². The number of benzene rings is 2. The van der Waals surface area contributed by atoms with Crippen LogP contribution in [0.5, 0.6) is 11.5 Å². The number of nitrogens with zero attached hydrogens (tertiary/aromatic N) is 1. The van der Waals surface area contributed by atoms with Gasteiger partial charge in [0, 0.05) is 19.2 Å². The van der Waals surface area contributed by atoms with Gasteiger partial charge in [0.2, 0.25) is 5.91 Å². The van der Waals surface area contributed by atoms with Crippen molar-refractivity contribution in [3.8, 4) is 11.5 Å². The molecule has 0 heterocycles. The van der Waals surface area contributed by atoms with Crippen molar-refractivity contribution in [3.05, 3.63) is 59.7 Å². The van der Waals surface area contributed by atoms with Crippen LogP contribution in [0.4, 0.5) is 5.69 Å². The Bertz CT molecular complexity index is 894. The first-order chi connectivity index (χ1) is 14.4. The molecule has 0 saturated heterocycles. The number of nitrogens with one attached hydrogen (secondary N) is 2. The maximum absolute atomic E-state index is 12.4. The van der Waals surface area contributed by atoms with E-state index in [9.17, 15) is 9.59 Å². The van der Waals surface area contributed by atoms with E-state index in [-0.39, 0.29) is 11.8 Å². The standard InChI is InChI=1S/C23H29N3O4/c1-5-30-20-12-10-17(16-21(20)29-4)11-13-22(27)25-19-9-7-6-8-18(19)23(28)24-14-15-26(2)3/h6-13,16H,5,14-15H2,1-4H3,(H,24,28)(H,25,27)/b13-11+. The lowest BCUT2D eigenvalue weighted by molar-refractivity contribution is -0.111. The SMILES string of the molecule is CCOc1ccc(/C=C/C(=O)Nc2ccccc2C(=O)NCCN(C)C)cc1OC. The summed E-state index contributed by atoms with van der Waals surface area (Å²) < 4.78 is 10.8. The first-order valence-corrected chi connectivity index (χ1v) is 9.76. The highest BCUT2D eigenvalue weighted by Crippen LogP contribution is 2.28. The van der Waals surface area contributed by atoms with Crippen LogP contribution >= 0.6 is 0 Å². The van der Waals surface area contributed by atoms with Crippen LogP contribution in [0, 0.1) is 0 Å². The zero-order valence-electron chi connectivity index (χ0n) is 17.9. The van der Waals surface area contributed by atoms with Gasteiger partial charge in [-0.3, -0.25) is 9.59 Å². The third kappa shape index (κ3) is 6.93. The summed E-state index contributed by atoms with van der Waals surface area (Å²) in [6.45, 7) is 3.69. The Morgan fingerprint density at radius 2 is 1.87 bits per heavy atom. The number of likely N-dealkylation sites (N-methyl/N-ethyl adjacent to an activating group) is 1. The normalized spacial score (nSPS) is 10.8. The average molecular weight is 412 g/mol. The van der Waals surface area contributed by atoms with Crippen LogP contribution in [-0.4, -0.2) is 57.6 Å². The molecule has 0 atom stereocenters. The van der Waals surface area contributed by atoms with Crippen molar-refractivity contribution in [2.45, 2.75) is 6.92 Å². The van der Waals surface area contributed by atoms with Crippen LogP contribution in [0.25, 0.3) is 6.08 Å². The van der Waals surface area contributed by atoms with Gasteiger partial charge in [0.15, 0.2) is 11.5 Å². The Morgan fingerprint density at radius 3 is 2.57 bits per heavy atom. The van der Waals surface area contributed by atoms with Crippen molar-refractivity contribution in [1.29, 1.82) is 0 Å². The predicted molar refractivity (Wildman–Crippen MR) is 119 cm³/mol. The molecular weight excluding hydrogens is 382 g/mol. The summed E-state index contributed by atoms with van der Waals surface area (Å²) in [4.78, 5) is 26.8. The first-order valence-electron chi connectivity index (χ1n) is 9.76. The van der Waals surface area contributed by atoms with Crippen LogP contribution < -0.4 is 20.1 Å². The fourth-order valence-corrected chi connectivity index (χ4v) is 2.69. The zero-order valence-corrected chi connectivity index (χ0v) is 17.9. The van der Waals surface area contributed by atoms with Gasteiger partial charge in [-0.25, -0.2) is 0 Å². The zero-order chi connectivity index (χ0) is 21.9. The Labute approximate surface area is 177 Å². The second-order valence-corrected chi connectivity index (χ2v) is 6.77. The summed E-state index contributed by atoms with van der Waals surface area (Å²) in [5, 5.41) is 5.62. The molecule has 0 aliphatic carbocycles. The molecule has 0 unspecified atom stereocenters. The molecule has 0 bridgehead atoms. The Balaban J connectivity index is 2.05. The number of amides is 2. The second-order valence-electron chi connectivity index (χ2n) is 6.77. The molecular formula is C23H29N3O4. The van der Waals surface area contributed by atoms with E-state index >= 15 is 0 Å². The van der Waals surface area contributed by atoms with Gasteiger partial charge in [0.25, 0.3) is 5.91 Å². The number of carbonyl (C=O) groups excluding carboxylic acids is 2. The monoisotopic (exact) mass is 411 g/mol. The molecule has 2 aromatic carbocycles. The number of anilines is 1. The summed E-state index contributed by atoms with van der Waals surface area (Å²) in [5.74, 6) is 0.680. The highest BCUT2D eigenvalue weighted by Gasteiger charge is 2.12. The molecule has 0 aromatic heterocycles. The van der Waals surface area contributed by atoms with Crippen molar-refractivity contribution >= 4 is 23.6 Å². The van der Waals surface area contributed by atoms with Crippen LogP contribution in [0.3, 0.4) is 0 Å². The molecule has 0 aliphatic rings. The van der Waals surface area contributed by atoms with E-state index in [4.69, 9.17) is 9.47 Å². The fourth-order valence-electron chi connectivity index (χ4n) is 2.69. The van der Waals surface area contributed by atoms with Gasteiger partial charge < -0.3 is 25.0 Å². The van der Waals surface area contributed by atoms with Gasteiger partial charge in [-0.05, 0) is 56.9 Å². The third-order valence-corrected chi connectivity index (χ3v) is 4.19. The molecule has 2 aromatic rings. The number of hydrogen-bond acceptors (Lipinski definition) is 5. The van der Waals surface area contributed by atoms with Crippen LogP contribution in [0.15, 0.2) is 48.5 Å². The molecule has 160 valence electrons. The predicted octanol–water partition coefficient (Wildman–Crippen LogP) is 3.04. The Morgan fingerprint density at radius 1 is 1.10 bits per heavy atom. The smallest absolute Gasteiger partial charge is 0.253 e. The summed E-state index contributed by atoms with van der Waals surface area (Å²) in [7, 11) is 5.44. The average Bonchev–Trinajstić information content (AvgIpc) is 2.73. The van der Waals surface area contributed by atoms with Crippen molar-refractivity contribution in [2.24, 2.45) is 0 Å². The number of rotatable bonds is 10. The first kappa shape index (κ1) is 23.0. The number of carbonyl (C=O) groups is 2. The topological polar surface area (TPSA) is 79.9 Å². The number of hydrogen-bond donors (Lipinski definition) is 2. The maximum Gasteiger partial charge on any atom is 0.253 e. The third-order valence-electron chi connectivity index (χ3n) is 4.19. The largest absolute Gasteiger partial charge is 0.493 e. The van der Waals surface area contributed by atoms with E-state index in [0.29, 0.717) is 35.9 Å². The van der Waals surface area contributed by atoms with E-state index in [1.807, 2.05) is 32.0 Å². The fraction of sp³-hybridized carbons (Fsp3) is 0.304. The minimum atomic E-state index is -0.337. The Hall–Kier alpha value is -3.32. The quantitative estimate of drug-likeness (QED) is 0.588. The van der Waals surface area contributed by atoms with Gasteiger partial charge >= 0.3 is 0 Å². The molecule has 2 N–H and O–H groups in total. The van der Waals surface area contributed by atoms with E-state index in [0.717, 1.165) is 12.1 Å². The lowest BCUT2D eigenvalue weighted by Gasteiger charge is -2.12. The summed E-state index contributed by atoms with van der Waals surface area (Å²) in [6.07, 6.45) is 3.09. The highest BCUT2D eigenvalue weighted by molar-refractivity contribution is 6.07. The van der Waals surface area contributed by atoms with E-state index in [2.05, 4.69) is 10.6 Å². The van der Waals surface area contributed by atoms with Crippen LogP contribution in [0.1, 0.15) is 22.8 Å². The summed E-state index contributed by atoms with van der Waals surface area (Å²) in [6, 6.07) is 12.3. The molecule has 7 nitrogen and oxygen atoms in total. The minimum Gasteiger partial charge on any atom is -0.493 e.